The van der Waals surface area contributed by atoms with Crippen molar-refractivity contribution in [1.82, 2.24) is 0 Å². The van der Waals surface area contributed by atoms with Gasteiger partial charge in [-0.2, -0.15) is 0 Å². The molecule has 1 aliphatic carbocycles. The number of carbonyl (C=O) groups is 1. The second-order valence-corrected chi connectivity index (χ2v) is 6.95. The highest BCUT2D eigenvalue weighted by Gasteiger charge is 2.22. The molecule has 27 heavy (non-hydrogen) atoms. The number of nitrogens with two attached hydrogens (primary N) is 1. The van der Waals surface area contributed by atoms with Gasteiger partial charge in [-0.15, -0.1) is 0 Å². The van der Waals surface area contributed by atoms with Gasteiger partial charge in [0.2, 0.25) is 0 Å². The Labute approximate surface area is 160 Å². The molecule has 0 heterocycles. The van der Waals surface area contributed by atoms with Crippen LogP contribution in [-0.2, 0) is 29.0 Å². The van der Waals surface area contributed by atoms with Crippen molar-refractivity contribution in [1.29, 1.82) is 5.41 Å². The van der Waals surface area contributed by atoms with Gasteiger partial charge < -0.3 is 15.2 Å². The summed E-state index contributed by atoms with van der Waals surface area (Å²) in [5.74, 6) is 1.05. The molecule has 0 saturated carbocycles. The van der Waals surface area contributed by atoms with E-state index >= 15 is 0 Å². The van der Waals surface area contributed by atoms with Gasteiger partial charge in [0.1, 0.15) is 18.2 Å². The van der Waals surface area contributed by atoms with E-state index in [1.807, 2.05) is 19.1 Å². The lowest BCUT2D eigenvalue weighted by Gasteiger charge is -2.24. The number of hydrogen-bond donors (Lipinski definition) is 2. The van der Waals surface area contributed by atoms with Crippen LogP contribution in [-0.4, -0.2) is 18.4 Å². The number of aryl methyl sites for hydroxylation is 1. The summed E-state index contributed by atoms with van der Waals surface area (Å²) in [5.41, 5.74) is 9.94. The minimum absolute atomic E-state index is 0.0496. The van der Waals surface area contributed by atoms with Crippen LogP contribution in [0.3, 0.4) is 0 Å². The predicted octanol–water partition coefficient (Wildman–Crippen LogP) is 3.61. The van der Waals surface area contributed by atoms with Crippen LogP contribution < -0.4 is 10.5 Å². The highest BCUT2D eigenvalue weighted by molar-refractivity contribution is 5.94. The first-order valence-corrected chi connectivity index (χ1v) is 9.38. The molecular formula is C22H26N2O3. The molecule has 142 valence electrons. The van der Waals surface area contributed by atoms with Crippen molar-refractivity contribution in [3.8, 4) is 5.75 Å². The van der Waals surface area contributed by atoms with Crippen LogP contribution >= 0.6 is 0 Å². The Morgan fingerprint density at radius 2 is 1.96 bits per heavy atom. The van der Waals surface area contributed by atoms with Gasteiger partial charge in [0.15, 0.2) is 0 Å². The molecule has 5 heteroatoms. The first-order chi connectivity index (χ1) is 13.0. The van der Waals surface area contributed by atoms with Gasteiger partial charge in [-0.3, -0.25) is 10.2 Å². The quantitative estimate of drug-likeness (QED) is 0.445. The first-order valence-electron chi connectivity index (χ1n) is 9.38. The third-order valence-electron chi connectivity index (χ3n) is 4.93. The lowest BCUT2D eigenvalue weighted by atomic mass is 9.81. The van der Waals surface area contributed by atoms with Crippen LogP contribution in [0.25, 0.3) is 0 Å². The van der Waals surface area contributed by atoms with Gasteiger partial charge in [0, 0.05) is 12.0 Å². The predicted molar refractivity (Wildman–Crippen MR) is 105 cm³/mol. The highest BCUT2D eigenvalue weighted by Crippen LogP contribution is 2.29. The number of ether oxygens (including phenoxy) is 2. The SMILES string of the molecule is CCOC(=O)CC1CCc2ccc(COc3ccc(C(=N)N)cc3)cc2C1. The zero-order valence-corrected chi connectivity index (χ0v) is 15.7. The van der Waals surface area contributed by atoms with Gasteiger partial charge >= 0.3 is 5.97 Å². The topological polar surface area (TPSA) is 85.4 Å². The maximum absolute atomic E-state index is 11.8. The van der Waals surface area contributed by atoms with Crippen LogP contribution in [0.1, 0.15) is 42.0 Å². The summed E-state index contributed by atoms with van der Waals surface area (Å²) >= 11 is 0. The first kappa shape index (κ1) is 19.0. The molecule has 0 bridgehead atoms. The van der Waals surface area contributed by atoms with E-state index in [1.54, 1.807) is 12.1 Å². The fraction of sp³-hybridized carbons (Fsp3) is 0.364. The van der Waals surface area contributed by atoms with Gasteiger partial charge in [0.05, 0.1) is 6.61 Å². The molecule has 0 amide bonds. The number of esters is 1. The molecule has 1 unspecified atom stereocenters. The second kappa shape index (κ2) is 8.71. The van der Waals surface area contributed by atoms with E-state index < -0.39 is 0 Å². The number of fused-ring (bicyclic) bond motifs is 1. The van der Waals surface area contributed by atoms with Crippen LogP contribution in [0.5, 0.6) is 5.75 Å². The van der Waals surface area contributed by atoms with Crippen LogP contribution in [0.15, 0.2) is 42.5 Å². The molecule has 0 radical (unpaired) electrons. The standard InChI is InChI=1S/C22H26N2O3/c1-2-26-21(25)13-15-3-5-17-6-4-16(12-19(17)11-15)14-27-20-9-7-18(8-10-20)22(23)24/h4,6-10,12,15H,2-3,5,11,13-14H2,1H3,(H3,23,24). The Morgan fingerprint density at radius 3 is 2.67 bits per heavy atom. The van der Waals surface area contributed by atoms with Crippen molar-refractivity contribution in [2.24, 2.45) is 11.7 Å². The number of carbonyl (C=O) groups excluding carboxylic acids is 1. The fourth-order valence-corrected chi connectivity index (χ4v) is 3.50. The van der Waals surface area contributed by atoms with Crippen LogP contribution in [0.2, 0.25) is 0 Å². The summed E-state index contributed by atoms with van der Waals surface area (Å²) in [5, 5.41) is 7.42. The Balaban J connectivity index is 1.60. The Kier molecular flexibility index (Phi) is 6.12. The molecule has 0 fully saturated rings. The van der Waals surface area contributed by atoms with E-state index in [0.29, 0.717) is 31.1 Å². The van der Waals surface area contributed by atoms with Crippen molar-refractivity contribution in [3.05, 3.63) is 64.7 Å². The van der Waals surface area contributed by atoms with Crippen molar-refractivity contribution in [2.45, 2.75) is 39.2 Å². The molecule has 5 nitrogen and oxygen atoms in total. The molecule has 0 spiro atoms. The van der Waals surface area contributed by atoms with Gasteiger partial charge in [0.25, 0.3) is 0 Å². The Hall–Kier alpha value is -2.82. The number of hydrogen-bond acceptors (Lipinski definition) is 4. The second-order valence-electron chi connectivity index (χ2n) is 6.95. The van der Waals surface area contributed by atoms with E-state index in [9.17, 15) is 4.79 Å². The lowest BCUT2D eigenvalue weighted by molar-refractivity contribution is -0.144. The van der Waals surface area contributed by atoms with E-state index in [2.05, 4.69) is 18.2 Å². The van der Waals surface area contributed by atoms with E-state index in [4.69, 9.17) is 20.6 Å². The minimum atomic E-state index is -0.0977. The van der Waals surface area contributed by atoms with Crippen molar-refractivity contribution in [2.75, 3.05) is 6.61 Å². The van der Waals surface area contributed by atoms with Gasteiger partial charge in [-0.1, -0.05) is 18.2 Å². The normalized spacial score (nSPS) is 15.7. The molecule has 1 atom stereocenters. The molecule has 0 aromatic heterocycles. The van der Waals surface area contributed by atoms with Gasteiger partial charge in [-0.05, 0) is 73.1 Å². The van der Waals surface area contributed by atoms with Crippen LogP contribution in [0.4, 0.5) is 0 Å². The fourth-order valence-electron chi connectivity index (χ4n) is 3.50. The maximum Gasteiger partial charge on any atom is 0.306 e. The molecule has 3 N–H and O–H groups in total. The van der Waals surface area contributed by atoms with Crippen molar-refractivity contribution in [3.63, 3.8) is 0 Å². The summed E-state index contributed by atoms with van der Waals surface area (Å²) < 4.78 is 10.9. The summed E-state index contributed by atoms with van der Waals surface area (Å²) in [6.45, 7) is 2.76. The maximum atomic E-state index is 11.8. The number of benzene rings is 2. The van der Waals surface area contributed by atoms with Crippen molar-refractivity contribution < 1.29 is 14.3 Å². The molecule has 2 aromatic carbocycles. The number of nitrogen functional groups attached to an aromatic ring is 1. The molecule has 0 aliphatic heterocycles. The zero-order chi connectivity index (χ0) is 19.2. The number of nitrogens with one attached hydrogen (secondary N) is 1. The summed E-state index contributed by atoms with van der Waals surface area (Å²) in [6, 6.07) is 13.7. The highest BCUT2D eigenvalue weighted by atomic mass is 16.5. The molecule has 1 aliphatic rings. The number of amidine groups is 1. The lowest BCUT2D eigenvalue weighted by Crippen LogP contribution is -2.19. The molecule has 0 saturated heterocycles. The zero-order valence-electron chi connectivity index (χ0n) is 15.7. The average molecular weight is 366 g/mol. The van der Waals surface area contributed by atoms with Crippen molar-refractivity contribution >= 4 is 11.8 Å². The monoisotopic (exact) mass is 366 g/mol. The summed E-state index contributed by atoms with van der Waals surface area (Å²) in [6.07, 6.45) is 3.45. The smallest absolute Gasteiger partial charge is 0.306 e. The Morgan fingerprint density at radius 1 is 1.19 bits per heavy atom. The third kappa shape index (κ3) is 5.09. The van der Waals surface area contributed by atoms with E-state index in [-0.39, 0.29) is 11.8 Å². The van der Waals surface area contributed by atoms with E-state index in [0.717, 1.165) is 30.6 Å². The largest absolute Gasteiger partial charge is 0.489 e. The molecular weight excluding hydrogens is 340 g/mol. The molecule has 2 aromatic rings. The minimum Gasteiger partial charge on any atom is -0.489 e. The summed E-state index contributed by atoms with van der Waals surface area (Å²) in [4.78, 5) is 11.8. The van der Waals surface area contributed by atoms with E-state index in [1.165, 1.54) is 11.1 Å². The van der Waals surface area contributed by atoms with Crippen LogP contribution in [0, 0.1) is 11.3 Å². The molecule has 3 rings (SSSR count). The van der Waals surface area contributed by atoms with Gasteiger partial charge in [-0.25, -0.2) is 0 Å². The average Bonchev–Trinajstić information content (AvgIpc) is 2.66. The summed E-state index contributed by atoms with van der Waals surface area (Å²) in [7, 11) is 0. The third-order valence-corrected chi connectivity index (χ3v) is 4.93. The number of rotatable bonds is 7. The Bertz CT molecular complexity index is 815.